The first-order valence-electron chi connectivity index (χ1n) is 16.8. The quantitative estimate of drug-likeness (QED) is 0.185. The van der Waals surface area contributed by atoms with Gasteiger partial charge in [0.1, 0.15) is 11.2 Å². The van der Waals surface area contributed by atoms with Gasteiger partial charge in [0.25, 0.3) is 0 Å². The monoisotopic (exact) mass is 673 g/mol. The van der Waals surface area contributed by atoms with E-state index in [1.165, 1.54) is 67.6 Å². The van der Waals surface area contributed by atoms with Gasteiger partial charge in [-0.25, -0.2) is 0 Å². The van der Waals surface area contributed by atoms with Gasteiger partial charge in [0, 0.05) is 68.2 Å². The van der Waals surface area contributed by atoms with Crippen molar-refractivity contribution >= 4 is 113 Å². The molecule has 0 bridgehead atoms. The minimum Gasteiger partial charge on any atom is -0.456 e. The van der Waals surface area contributed by atoms with Crippen LogP contribution in [0, 0.1) is 0 Å². The number of hydrogen-bond donors (Lipinski definition) is 0. The second kappa shape index (κ2) is 10.8. The van der Waals surface area contributed by atoms with Gasteiger partial charge < -0.3 is 9.32 Å². The van der Waals surface area contributed by atoms with Crippen LogP contribution >= 0.6 is 22.7 Å². The lowest BCUT2D eigenvalue weighted by molar-refractivity contribution is 0.669. The van der Waals surface area contributed by atoms with E-state index < -0.39 is 0 Å². The number of thiophene rings is 2. The molecule has 11 aromatic rings. The van der Waals surface area contributed by atoms with Crippen molar-refractivity contribution in [3.63, 3.8) is 0 Å². The Labute approximate surface area is 295 Å². The van der Waals surface area contributed by atoms with E-state index in [0.717, 1.165) is 33.6 Å². The highest BCUT2D eigenvalue weighted by atomic mass is 32.1. The minimum atomic E-state index is 0.928. The number of fused-ring (bicyclic) bond motifs is 11. The molecule has 0 aliphatic carbocycles. The molecule has 2 nitrogen and oxygen atoms in total. The average Bonchev–Trinajstić information content (AvgIpc) is 3.86. The van der Waals surface area contributed by atoms with E-state index >= 15 is 0 Å². The van der Waals surface area contributed by atoms with Gasteiger partial charge >= 0.3 is 0 Å². The molecule has 234 valence electrons. The van der Waals surface area contributed by atoms with Crippen LogP contribution in [-0.2, 0) is 0 Å². The van der Waals surface area contributed by atoms with Gasteiger partial charge in [0.05, 0.1) is 0 Å². The topological polar surface area (TPSA) is 16.4 Å². The van der Waals surface area contributed by atoms with Crippen LogP contribution in [0.3, 0.4) is 0 Å². The van der Waals surface area contributed by atoms with Crippen LogP contribution in [0.25, 0.3) is 84.2 Å². The summed E-state index contributed by atoms with van der Waals surface area (Å²) in [6.45, 7) is 0. The Kier molecular flexibility index (Phi) is 6.03. The van der Waals surface area contributed by atoms with Crippen LogP contribution in [0.2, 0.25) is 0 Å². The third kappa shape index (κ3) is 4.26. The molecule has 0 aliphatic heterocycles. The second-order valence-electron chi connectivity index (χ2n) is 12.9. The number of hydrogen-bond acceptors (Lipinski definition) is 4. The Bertz CT molecular complexity index is 2990. The standard InChI is InChI=1S/C46H27NOS2/c1-4-10-40-37(9-1)46-34-21-15-29(25-30(34)16-22-41(46)48-40)28-13-17-31(18-14-28)47(32-19-23-44-38(26-32)35-7-2-5-11-42(35)49-44)33-20-24-45-39(27-33)36-8-3-6-12-43(36)50-45/h1-27H. The van der Waals surface area contributed by atoms with Crippen molar-refractivity contribution in [3.05, 3.63) is 164 Å². The van der Waals surface area contributed by atoms with E-state index in [9.17, 15) is 0 Å². The van der Waals surface area contributed by atoms with Crippen LogP contribution in [0.15, 0.2) is 168 Å². The maximum atomic E-state index is 6.16. The van der Waals surface area contributed by atoms with Gasteiger partial charge in [-0.3, -0.25) is 0 Å². The molecule has 0 saturated heterocycles. The third-order valence-electron chi connectivity index (χ3n) is 10.1. The molecule has 0 saturated carbocycles. The fraction of sp³-hybridized carbons (Fsp3) is 0. The molecule has 0 spiro atoms. The summed E-state index contributed by atoms with van der Waals surface area (Å²) in [6, 6.07) is 59.7. The lowest BCUT2D eigenvalue weighted by Crippen LogP contribution is -2.09. The van der Waals surface area contributed by atoms with E-state index in [4.69, 9.17) is 4.42 Å². The van der Waals surface area contributed by atoms with Crippen molar-refractivity contribution in [2.45, 2.75) is 0 Å². The van der Waals surface area contributed by atoms with E-state index in [1.807, 2.05) is 34.8 Å². The highest BCUT2D eigenvalue weighted by molar-refractivity contribution is 7.26. The molecule has 11 rings (SSSR count). The Morgan fingerprint density at radius 1 is 0.360 bits per heavy atom. The van der Waals surface area contributed by atoms with Gasteiger partial charge in [0.15, 0.2) is 0 Å². The smallest absolute Gasteiger partial charge is 0.136 e. The largest absolute Gasteiger partial charge is 0.456 e. The lowest BCUT2D eigenvalue weighted by atomic mass is 9.98. The molecular formula is C46H27NOS2. The molecule has 3 heterocycles. The molecule has 0 atom stereocenters. The molecular weight excluding hydrogens is 647 g/mol. The minimum absolute atomic E-state index is 0.928. The van der Waals surface area contributed by atoms with Gasteiger partial charge in [-0.1, -0.05) is 84.9 Å². The van der Waals surface area contributed by atoms with Crippen LogP contribution in [0.5, 0.6) is 0 Å². The zero-order chi connectivity index (χ0) is 32.8. The van der Waals surface area contributed by atoms with E-state index in [-0.39, 0.29) is 0 Å². The van der Waals surface area contributed by atoms with Gasteiger partial charge in [-0.15, -0.1) is 22.7 Å². The number of furan rings is 1. The lowest BCUT2D eigenvalue weighted by Gasteiger charge is -2.26. The molecule has 0 amide bonds. The predicted molar refractivity (Wildman–Crippen MR) is 217 cm³/mol. The molecule has 8 aromatic carbocycles. The molecule has 4 heteroatoms. The summed E-state index contributed by atoms with van der Waals surface area (Å²) >= 11 is 3.71. The Morgan fingerprint density at radius 3 is 1.60 bits per heavy atom. The van der Waals surface area contributed by atoms with Crippen molar-refractivity contribution in [1.82, 2.24) is 0 Å². The van der Waals surface area contributed by atoms with Crippen molar-refractivity contribution in [2.24, 2.45) is 0 Å². The highest BCUT2D eigenvalue weighted by Crippen LogP contribution is 2.44. The summed E-state index contributed by atoms with van der Waals surface area (Å²) in [5, 5.41) is 9.97. The van der Waals surface area contributed by atoms with E-state index in [0.29, 0.717) is 0 Å². The van der Waals surface area contributed by atoms with Crippen LogP contribution in [0.1, 0.15) is 0 Å². The van der Waals surface area contributed by atoms with Crippen molar-refractivity contribution in [3.8, 4) is 11.1 Å². The highest BCUT2D eigenvalue weighted by Gasteiger charge is 2.17. The van der Waals surface area contributed by atoms with E-state index in [2.05, 4.69) is 157 Å². The Morgan fingerprint density at radius 2 is 0.920 bits per heavy atom. The second-order valence-corrected chi connectivity index (χ2v) is 15.1. The number of nitrogens with zero attached hydrogens (tertiary/aromatic N) is 1. The predicted octanol–water partition coefficient (Wildman–Crippen LogP) is 14.6. The van der Waals surface area contributed by atoms with Gasteiger partial charge in [0.2, 0.25) is 0 Å². The summed E-state index contributed by atoms with van der Waals surface area (Å²) in [5.41, 5.74) is 7.66. The van der Waals surface area contributed by atoms with Crippen LogP contribution < -0.4 is 4.90 Å². The summed E-state index contributed by atoms with van der Waals surface area (Å²) in [5.74, 6) is 0. The van der Waals surface area contributed by atoms with Crippen molar-refractivity contribution in [2.75, 3.05) is 4.90 Å². The molecule has 3 aromatic heterocycles. The first-order chi connectivity index (χ1) is 24.7. The Hall–Kier alpha value is -5.94. The van der Waals surface area contributed by atoms with Crippen LogP contribution in [-0.4, -0.2) is 0 Å². The van der Waals surface area contributed by atoms with Crippen molar-refractivity contribution in [1.29, 1.82) is 0 Å². The molecule has 0 fully saturated rings. The zero-order valence-corrected chi connectivity index (χ0v) is 28.4. The maximum Gasteiger partial charge on any atom is 0.136 e. The Balaban J connectivity index is 1.05. The fourth-order valence-electron chi connectivity index (χ4n) is 7.69. The number of benzene rings is 8. The average molecular weight is 674 g/mol. The van der Waals surface area contributed by atoms with Gasteiger partial charge in [-0.05, 0) is 101 Å². The summed E-state index contributed by atoms with van der Waals surface area (Å²) in [7, 11) is 0. The number of para-hydroxylation sites is 1. The van der Waals surface area contributed by atoms with E-state index in [1.54, 1.807) is 0 Å². The first kappa shape index (κ1) is 28.0. The van der Waals surface area contributed by atoms with Crippen LogP contribution in [0.4, 0.5) is 17.1 Å². The third-order valence-corrected chi connectivity index (χ3v) is 12.4. The summed E-state index contributed by atoms with van der Waals surface area (Å²) in [6.07, 6.45) is 0. The maximum absolute atomic E-state index is 6.16. The summed E-state index contributed by atoms with van der Waals surface area (Å²) in [4.78, 5) is 2.41. The number of anilines is 3. The van der Waals surface area contributed by atoms with Gasteiger partial charge in [-0.2, -0.15) is 0 Å². The zero-order valence-electron chi connectivity index (χ0n) is 26.8. The fourth-order valence-corrected chi connectivity index (χ4v) is 9.86. The number of rotatable bonds is 4. The molecule has 0 unspecified atom stereocenters. The first-order valence-corrected chi connectivity index (χ1v) is 18.5. The SMILES string of the molecule is c1ccc2c(c1)oc1ccc3cc(-c4ccc(N(c5ccc6sc7ccccc7c6c5)c5ccc6sc7ccccc7c6c5)cc4)ccc3c12. The normalized spacial score (nSPS) is 12.0. The summed E-state index contributed by atoms with van der Waals surface area (Å²) < 4.78 is 11.4. The molecule has 0 aliphatic rings. The molecule has 0 radical (unpaired) electrons. The molecule has 0 N–H and O–H groups in total. The molecule has 50 heavy (non-hydrogen) atoms. The van der Waals surface area contributed by atoms with Crippen molar-refractivity contribution < 1.29 is 4.42 Å².